The monoisotopic (exact) mass is 325 g/mol. The number of esters is 1. The predicted octanol–water partition coefficient (Wildman–Crippen LogP) is 2.80. The van der Waals surface area contributed by atoms with E-state index in [2.05, 4.69) is 14.7 Å². The Kier molecular flexibility index (Phi) is 4.53. The number of hydrogen-bond donors (Lipinski definition) is 1. The van der Waals surface area contributed by atoms with Crippen LogP contribution in [0.15, 0.2) is 6.07 Å². The quantitative estimate of drug-likeness (QED) is 0.693. The zero-order chi connectivity index (χ0) is 17.3. The van der Waals surface area contributed by atoms with Crippen molar-refractivity contribution >= 4 is 11.8 Å². The Labute approximate surface area is 130 Å². The Morgan fingerprint density at radius 2 is 1.91 bits per heavy atom. The highest BCUT2D eigenvalue weighted by atomic mass is 19.2. The maximum atomic E-state index is 14.1. The van der Waals surface area contributed by atoms with E-state index in [-0.39, 0.29) is 11.5 Å². The number of methoxy groups -OCH3 is 1. The molecule has 0 radical (unpaired) electrons. The molecule has 2 rings (SSSR count). The molecule has 0 fully saturated rings. The van der Waals surface area contributed by atoms with Crippen molar-refractivity contribution in [2.24, 2.45) is 0 Å². The van der Waals surface area contributed by atoms with Gasteiger partial charge in [0.15, 0.2) is 23.2 Å². The minimum Gasteiger partial charge on any atom is -0.464 e. The lowest BCUT2D eigenvalue weighted by Gasteiger charge is -2.12. The third-order valence-electron chi connectivity index (χ3n) is 3.40. The Balaban J connectivity index is 2.75. The van der Waals surface area contributed by atoms with Crippen molar-refractivity contribution in [1.29, 1.82) is 0 Å². The van der Waals surface area contributed by atoms with E-state index in [1.165, 1.54) is 0 Å². The van der Waals surface area contributed by atoms with E-state index in [0.717, 1.165) is 20.1 Å². The Bertz CT molecular complexity index is 794. The first-order valence-electron chi connectivity index (χ1n) is 6.70. The van der Waals surface area contributed by atoms with Gasteiger partial charge in [0.1, 0.15) is 11.6 Å². The third-order valence-corrected chi connectivity index (χ3v) is 3.40. The number of rotatable bonds is 3. The summed E-state index contributed by atoms with van der Waals surface area (Å²) in [6, 6.07) is 0.759. The first-order valence-corrected chi connectivity index (χ1v) is 6.70. The van der Waals surface area contributed by atoms with Crippen LogP contribution in [0, 0.1) is 24.4 Å². The average molecular weight is 325 g/mol. The van der Waals surface area contributed by atoms with Crippen LogP contribution in [0.4, 0.5) is 19.0 Å². The van der Waals surface area contributed by atoms with E-state index in [4.69, 9.17) is 5.73 Å². The fourth-order valence-electron chi connectivity index (χ4n) is 2.08. The minimum absolute atomic E-state index is 0.0845. The molecule has 0 aliphatic rings. The van der Waals surface area contributed by atoms with Gasteiger partial charge in [-0.25, -0.2) is 27.9 Å². The van der Waals surface area contributed by atoms with Gasteiger partial charge in [0.05, 0.1) is 12.7 Å². The second-order valence-corrected chi connectivity index (χ2v) is 4.76. The number of ether oxygens (including phenoxy) is 1. The lowest BCUT2D eigenvalue weighted by molar-refractivity contribution is 0.0592. The molecule has 23 heavy (non-hydrogen) atoms. The lowest BCUT2D eigenvalue weighted by Crippen LogP contribution is -2.14. The molecule has 0 saturated heterocycles. The fourth-order valence-corrected chi connectivity index (χ4v) is 2.08. The summed E-state index contributed by atoms with van der Waals surface area (Å²) in [5, 5.41) is 0. The summed E-state index contributed by atoms with van der Waals surface area (Å²) in [6.45, 7) is 2.82. The molecule has 8 heteroatoms. The largest absolute Gasteiger partial charge is 0.464 e. The normalized spacial score (nSPS) is 10.7. The van der Waals surface area contributed by atoms with Crippen molar-refractivity contribution < 1.29 is 22.7 Å². The van der Waals surface area contributed by atoms with Gasteiger partial charge in [-0.3, -0.25) is 0 Å². The van der Waals surface area contributed by atoms with Gasteiger partial charge >= 0.3 is 5.97 Å². The number of anilines is 1. The van der Waals surface area contributed by atoms with Gasteiger partial charge in [0, 0.05) is 11.1 Å². The lowest BCUT2D eigenvalue weighted by atomic mass is 10.1. The molecule has 0 aliphatic carbocycles. The molecule has 5 nitrogen and oxygen atoms in total. The van der Waals surface area contributed by atoms with Crippen molar-refractivity contribution in [2.75, 3.05) is 12.8 Å². The highest BCUT2D eigenvalue weighted by Gasteiger charge is 2.23. The van der Waals surface area contributed by atoms with E-state index in [0.29, 0.717) is 12.0 Å². The van der Waals surface area contributed by atoms with Gasteiger partial charge in [-0.1, -0.05) is 6.92 Å². The molecular weight excluding hydrogens is 311 g/mol. The summed E-state index contributed by atoms with van der Waals surface area (Å²) in [5.74, 6) is -4.90. The van der Waals surface area contributed by atoms with E-state index in [9.17, 15) is 18.0 Å². The van der Waals surface area contributed by atoms with Crippen LogP contribution >= 0.6 is 0 Å². The standard InChI is InChI=1S/C15H14F3N3O2/c1-4-7-12(15(22)23-3)20-14(21-13(7)19)8-5-9(16)6(2)10(17)11(8)18/h5H,4H2,1-3H3,(H2,19,20,21). The molecule has 0 amide bonds. The highest BCUT2D eigenvalue weighted by molar-refractivity contribution is 5.90. The number of hydrogen-bond acceptors (Lipinski definition) is 5. The SMILES string of the molecule is CCc1c(N)nc(-c2cc(F)c(C)c(F)c2F)nc1C(=O)OC. The molecule has 122 valence electrons. The van der Waals surface area contributed by atoms with Crippen LogP contribution in [0.5, 0.6) is 0 Å². The van der Waals surface area contributed by atoms with Crippen LogP contribution in [0.3, 0.4) is 0 Å². The van der Waals surface area contributed by atoms with Crippen molar-refractivity contribution in [1.82, 2.24) is 9.97 Å². The number of nitrogens with two attached hydrogens (primary N) is 1. The van der Waals surface area contributed by atoms with E-state index in [1.807, 2.05) is 0 Å². The maximum absolute atomic E-state index is 14.1. The molecular formula is C15H14F3N3O2. The summed E-state index contributed by atoms with van der Waals surface area (Å²) in [5.41, 5.74) is 4.91. The molecule has 2 aromatic rings. The minimum atomic E-state index is -1.35. The molecule has 1 aromatic carbocycles. The van der Waals surface area contributed by atoms with Crippen molar-refractivity contribution in [2.45, 2.75) is 20.3 Å². The maximum Gasteiger partial charge on any atom is 0.357 e. The van der Waals surface area contributed by atoms with Gasteiger partial charge in [-0.05, 0) is 19.4 Å². The number of benzene rings is 1. The Morgan fingerprint density at radius 3 is 2.48 bits per heavy atom. The topological polar surface area (TPSA) is 78.1 Å². The van der Waals surface area contributed by atoms with Gasteiger partial charge in [-0.15, -0.1) is 0 Å². The molecule has 1 heterocycles. The number of halogens is 3. The molecule has 2 N–H and O–H groups in total. The van der Waals surface area contributed by atoms with E-state index >= 15 is 0 Å². The van der Waals surface area contributed by atoms with Crippen molar-refractivity contribution in [3.63, 3.8) is 0 Å². The van der Waals surface area contributed by atoms with Gasteiger partial charge in [-0.2, -0.15) is 0 Å². The highest BCUT2D eigenvalue weighted by Crippen LogP contribution is 2.28. The summed E-state index contributed by atoms with van der Waals surface area (Å²) in [6.07, 6.45) is 0.329. The second-order valence-electron chi connectivity index (χ2n) is 4.76. The van der Waals surface area contributed by atoms with Crippen LogP contribution in [-0.4, -0.2) is 23.0 Å². The van der Waals surface area contributed by atoms with Crippen molar-refractivity contribution in [3.8, 4) is 11.4 Å². The summed E-state index contributed by atoms with van der Waals surface area (Å²) < 4.78 is 46.1. The van der Waals surface area contributed by atoms with E-state index in [1.54, 1.807) is 6.92 Å². The zero-order valence-corrected chi connectivity index (χ0v) is 12.7. The summed E-state index contributed by atoms with van der Waals surface area (Å²) >= 11 is 0. The van der Waals surface area contributed by atoms with Crippen LogP contribution in [0.25, 0.3) is 11.4 Å². The molecule has 1 aromatic heterocycles. The number of nitrogen functional groups attached to an aromatic ring is 1. The Morgan fingerprint density at radius 1 is 1.26 bits per heavy atom. The van der Waals surface area contributed by atoms with Crippen LogP contribution in [0.1, 0.15) is 28.5 Å². The smallest absolute Gasteiger partial charge is 0.357 e. The van der Waals surface area contributed by atoms with Crippen LogP contribution in [0.2, 0.25) is 0 Å². The number of nitrogens with zero attached hydrogens (tertiary/aromatic N) is 2. The number of carbonyl (C=O) groups excluding carboxylic acids is 1. The third kappa shape index (κ3) is 2.84. The fraction of sp³-hybridized carbons (Fsp3) is 0.267. The first-order chi connectivity index (χ1) is 10.8. The molecule has 0 bridgehead atoms. The second kappa shape index (κ2) is 6.23. The van der Waals surface area contributed by atoms with Gasteiger partial charge in [0.2, 0.25) is 0 Å². The molecule has 0 spiro atoms. The van der Waals surface area contributed by atoms with Gasteiger partial charge in [0.25, 0.3) is 0 Å². The molecule has 0 atom stereocenters. The first kappa shape index (κ1) is 16.7. The predicted molar refractivity (Wildman–Crippen MR) is 77.2 cm³/mol. The Hall–Kier alpha value is -2.64. The number of carbonyl (C=O) groups is 1. The summed E-state index contributed by atoms with van der Waals surface area (Å²) in [4.78, 5) is 19.5. The van der Waals surface area contributed by atoms with Crippen LogP contribution in [-0.2, 0) is 11.2 Å². The molecule has 0 aliphatic heterocycles. The van der Waals surface area contributed by atoms with Gasteiger partial charge < -0.3 is 10.5 Å². The zero-order valence-electron chi connectivity index (χ0n) is 12.7. The van der Waals surface area contributed by atoms with Crippen LogP contribution < -0.4 is 5.73 Å². The molecule has 0 unspecified atom stereocenters. The van der Waals surface area contributed by atoms with Crippen molar-refractivity contribution in [3.05, 3.63) is 40.3 Å². The number of aromatic nitrogens is 2. The average Bonchev–Trinajstić information content (AvgIpc) is 2.54. The van der Waals surface area contributed by atoms with E-state index < -0.39 is 40.4 Å². The molecule has 0 saturated carbocycles. The summed E-state index contributed by atoms with van der Waals surface area (Å²) in [7, 11) is 1.14.